The minimum Gasteiger partial charge on any atom is -0.382 e. The van der Waals surface area contributed by atoms with Gasteiger partial charge < -0.3 is 15.6 Å². The van der Waals surface area contributed by atoms with E-state index in [9.17, 15) is 14.3 Å². The van der Waals surface area contributed by atoms with E-state index in [1.165, 1.54) is 30.5 Å². The van der Waals surface area contributed by atoms with Gasteiger partial charge in [-0.25, -0.2) is 4.39 Å². The standard InChI is InChI=1S/C21H21FN2O3/c22-16-8-6-15(7-9-16)20(25)19-17(10-11-23)21(26)18(12-24-19)27-13-14-4-2-1-3-5-14/h1-9,12,18,20,25H,10-11,13,23H2. The number of aliphatic hydroxyl groups excluding tert-OH is 1. The van der Waals surface area contributed by atoms with E-state index in [4.69, 9.17) is 10.5 Å². The maximum absolute atomic E-state index is 13.1. The number of halogens is 1. The molecule has 0 fully saturated rings. The van der Waals surface area contributed by atoms with Crippen molar-refractivity contribution in [3.05, 3.63) is 82.8 Å². The first-order chi connectivity index (χ1) is 13.1. The molecule has 0 amide bonds. The summed E-state index contributed by atoms with van der Waals surface area (Å²) >= 11 is 0. The van der Waals surface area contributed by atoms with Gasteiger partial charge in [0.25, 0.3) is 0 Å². The second-order valence-electron chi connectivity index (χ2n) is 6.22. The number of ketones is 1. The van der Waals surface area contributed by atoms with Crippen molar-refractivity contribution in [1.29, 1.82) is 0 Å². The Bertz CT molecular complexity index is 847. The number of hydrogen-bond acceptors (Lipinski definition) is 5. The number of carbonyl (C=O) groups excluding carboxylic acids is 1. The summed E-state index contributed by atoms with van der Waals surface area (Å²) in [5.41, 5.74) is 7.62. The van der Waals surface area contributed by atoms with Crippen LogP contribution in [0.3, 0.4) is 0 Å². The lowest BCUT2D eigenvalue weighted by atomic mass is 9.94. The van der Waals surface area contributed by atoms with Gasteiger partial charge in [-0.3, -0.25) is 9.79 Å². The molecule has 2 atom stereocenters. The number of benzene rings is 2. The molecule has 6 heteroatoms. The Kier molecular flexibility index (Phi) is 6.24. The number of nitrogens with zero attached hydrogens (tertiary/aromatic N) is 1. The summed E-state index contributed by atoms with van der Waals surface area (Å²) in [6, 6.07) is 14.9. The minimum absolute atomic E-state index is 0.233. The van der Waals surface area contributed by atoms with Crippen molar-refractivity contribution in [2.75, 3.05) is 6.54 Å². The molecule has 1 aliphatic heterocycles. The van der Waals surface area contributed by atoms with Gasteiger partial charge in [0, 0.05) is 11.8 Å². The zero-order chi connectivity index (χ0) is 19.2. The van der Waals surface area contributed by atoms with Crippen LogP contribution in [-0.2, 0) is 16.1 Å². The summed E-state index contributed by atoms with van der Waals surface area (Å²) in [4.78, 5) is 17.1. The van der Waals surface area contributed by atoms with Crippen molar-refractivity contribution in [1.82, 2.24) is 0 Å². The molecule has 3 rings (SSSR count). The summed E-state index contributed by atoms with van der Waals surface area (Å²) < 4.78 is 18.8. The summed E-state index contributed by atoms with van der Waals surface area (Å²) in [5, 5.41) is 10.6. The normalized spacial score (nSPS) is 18.0. The van der Waals surface area contributed by atoms with E-state index in [0.29, 0.717) is 11.1 Å². The molecule has 5 nitrogen and oxygen atoms in total. The summed E-state index contributed by atoms with van der Waals surface area (Å²) in [6.45, 7) is 0.511. The van der Waals surface area contributed by atoms with Crippen LogP contribution in [-0.4, -0.2) is 29.8 Å². The molecule has 2 aromatic rings. The van der Waals surface area contributed by atoms with E-state index < -0.39 is 18.0 Å². The Morgan fingerprint density at radius 2 is 1.85 bits per heavy atom. The summed E-state index contributed by atoms with van der Waals surface area (Å²) in [6.07, 6.45) is -0.291. The van der Waals surface area contributed by atoms with Gasteiger partial charge in [0.15, 0.2) is 11.9 Å². The highest BCUT2D eigenvalue weighted by Gasteiger charge is 2.30. The quantitative estimate of drug-likeness (QED) is 0.787. The predicted molar refractivity (Wildman–Crippen MR) is 101 cm³/mol. The topological polar surface area (TPSA) is 84.9 Å². The number of ether oxygens (including phenoxy) is 1. The second kappa shape index (κ2) is 8.81. The van der Waals surface area contributed by atoms with Gasteiger partial charge in [-0.1, -0.05) is 42.5 Å². The molecule has 140 valence electrons. The lowest BCUT2D eigenvalue weighted by molar-refractivity contribution is -0.123. The Morgan fingerprint density at radius 3 is 2.52 bits per heavy atom. The molecule has 27 heavy (non-hydrogen) atoms. The average molecular weight is 368 g/mol. The maximum atomic E-state index is 13.1. The number of aliphatic imine (C=N–C) groups is 1. The molecule has 3 N–H and O–H groups in total. The molecular weight excluding hydrogens is 347 g/mol. The van der Waals surface area contributed by atoms with Crippen LogP contribution >= 0.6 is 0 Å². The van der Waals surface area contributed by atoms with Crippen LogP contribution in [0.1, 0.15) is 23.7 Å². The van der Waals surface area contributed by atoms with E-state index in [1.807, 2.05) is 30.3 Å². The van der Waals surface area contributed by atoms with Gasteiger partial charge in [0.05, 0.1) is 12.3 Å². The third kappa shape index (κ3) is 4.54. The molecule has 1 heterocycles. The van der Waals surface area contributed by atoms with Gasteiger partial charge >= 0.3 is 0 Å². The Balaban J connectivity index is 1.79. The van der Waals surface area contributed by atoms with E-state index >= 15 is 0 Å². The van der Waals surface area contributed by atoms with Gasteiger partial charge in [0.1, 0.15) is 11.9 Å². The highest BCUT2D eigenvalue weighted by Crippen LogP contribution is 2.30. The number of carbonyl (C=O) groups is 1. The van der Waals surface area contributed by atoms with Crippen LogP contribution in [0.5, 0.6) is 0 Å². The van der Waals surface area contributed by atoms with Crippen molar-refractivity contribution in [2.24, 2.45) is 10.7 Å². The first kappa shape index (κ1) is 19.1. The summed E-state index contributed by atoms with van der Waals surface area (Å²) in [5.74, 6) is -0.665. The van der Waals surface area contributed by atoms with Crippen LogP contribution in [0.15, 0.2) is 70.9 Å². The number of hydrogen-bond donors (Lipinski definition) is 2. The monoisotopic (exact) mass is 368 g/mol. The van der Waals surface area contributed by atoms with Crippen LogP contribution in [0.25, 0.3) is 0 Å². The number of rotatable bonds is 7. The fourth-order valence-electron chi connectivity index (χ4n) is 2.90. The van der Waals surface area contributed by atoms with Crippen LogP contribution < -0.4 is 5.73 Å². The molecule has 0 aromatic heterocycles. The number of nitrogens with two attached hydrogens (primary N) is 1. The fourth-order valence-corrected chi connectivity index (χ4v) is 2.90. The van der Waals surface area contributed by atoms with Crippen molar-refractivity contribution in [3.8, 4) is 0 Å². The molecule has 0 saturated carbocycles. The number of Topliss-reactive ketones (excluding diaryl/α,β-unsaturated/α-hetero) is 1. The Morgan fingerprint density at radius 1 is 1.15 bits per heavy atom. The minimum atomic E-state index is -1.14. The predicted octanol–water partition coefficient (Wildman–Crippen LogP) is 2.70. The second-order valence-corrected chi connectivity index (χ2v) is 6.22. The molecule has 0 bridgehead atoms. The first-order valence-electron chi connectivity index (χ1n) is 8.70. The number of aliphatic hydroxyl groups is 1. The Labute approximate surface area is 157 Å². The molecule has 2 unspecified atom stereocenters. The zero-order valence-electron chi connectivity index (χ0n) is 14.7. The van der Waals surface area contributed by atoms with E-state index in [2.05, 4.69) is 4.99 Å². The fraction of sp³-hybridized carbons (Fsp3) is 0.238. The highest BCUT2D eigenvalue weighted by atomic mass is 19.1. The van der Waals surface area contributed by atoms with E-state index in [-0.39, 0.29) is 31.1 Å². The van der Waals surface area contributed by atoms with Gasteiger partial charge in [-0.15, -0.1) is 0 Å². The molecule has 0 aliphatic carbocycles. The van der Waals surface area contributed by atoms with Gasteiger partial charge in [-0.05, 0) is 36.2 Å². The van der Waals surface area contributed by atoms with Gasteiger partial charge in [-0.2, -0.15) is 0 Å². The van der Waals surface area contributed by atoms with Crippen molar-refractivity contribution < 1.29 is 19.0 Å². The van der Waals surface area contributed by atoms with Crippen LogP contribution in [0.4, 0.5) is 4.39 Å². The van der Waals surface area contributed by atoms with Crippen molar-refractivity contribution >= 4 is 12.0 Å². The summed E-state index contributed by atoms with van der Waals surface area (Å²) in [7, 11) is 0. The SMILES string of the molecule is NCCC1=C(C(O)c2ccc(F)cc2)N=CC(OCc2ccccc2)C1=O. The van der Waals surface area contributed by atoms with Crippen molar-refractivity contribution in [2.45, 2.75) is 25.2 Å². The lowest BCUT2D eigenvalue weighted by Crippen LogP contribution is -2.32. The molecule has 1 aliphatic rings. The first-order valence-corrected chi connectivity index (χ1v) is 8.70. The van der Waals surface area contributed by atoms with E-state index in [0.717, 1.165) is 5.56 Å². The van der Waals surface area contributed by atoms with E-state index in [1.54, 1.807) is 0 Å². The molecular formula is C21H21FN2O3. The van der Waals surface area contributed by atoms with Crippen LogP contribution in [0, 0.1) is 5.82 Å². The van der Waals surface area contributed by atoms with Crippen molar-refractivity contribution in [3.63, 3.8) is 0 Å². The van der Waals surface area contributed by atoms with Crippen LogP contribution in [0.2, 0.25) is 0 Å². The molecule has 0 radical (unpaired) electrons. The Hall–Kier alpha value is -2.67. The molecule has 2 aromatic carbocycles. The average Bonchev–Trinajstić information content (AvgIpc) is 2.69. The maximum Gasteiger partial charge on any atom is 0.195 e. The lowest BCUT2D eigenvalue weighted by Gasteiger charge is -2.23. The third-order valence-corrected chi connectivity index (χ3v) is 4.33. The van der Waals surface area contributed by atoms with Gasteiger partial charge in [0.2, 0.25) is 0 Å². The largest absolute Gasteiger partial charge is 0.382 e. The molecule has 0 saturated heterocycles. The zero-order valence-corrected chi connectivity index (χ0v) is 14.7. The third-order valence-electron chi connectivity index (χ3n) is 4.33. The molecule has 0 spiro atoms. The smallest absolute Gasteiger partial charge is 0.195 e. The highest BCUT2D eigenvalue weighted by molar-refractivity contribution is 6.10.